The highest BCUT2D eigenvalue weighted by atomic mass is 16.5. The van der Waals surface area contributed by atoms with E-state index in [-0.39, 0.29) is 5.78 Å². The number of fused-ring (bicyclic) bond motifs is 1. The van der Waals surface area contributed by atoms with Crippen molar-refractivity contribution in [2.75, 3.05) is 26.2 Å². The second kappa shape index (κ2) is 10.6. The molecule has 4 nitrogen and oxygen atoms in total. The lowest BCUT2D eigenvalue weighted by molar-refractivity contribution is 0.103. The van der Waals surface area contributed by atoms with Gasteiger partial charge in [0.1, 0.15) is 23.7 Å². The van der Waals surface area contributed by atoms with Gasteiger partial charge in [-0.1, -0.05) is 45.4 Å². The first-order valence-corrected chi connectivity index (χ1v) is 11.5. The van der Waals surface area contributed by atoms with E-state index < -0.39 is 0 Å². The minimum atomic E-state index is 0.0337. The Morgan fingerprint density at radius 1 is 1.00 bits per heavy atom. The molecule has 0 unspecified atom stereocenters. The van der Waals surface area contributed by atoms with Crippen molar-refractivity contribution in [3.8, 4) is 5.75 Å². The Bertz CT molecular complexity index is 1030. The maximum absolute atomic E-state index is 13.7. The Hall–Kier alpha value is -2.59. The molecule has 0 aliphatic carbocycles. The van der Waals surface area contributed by atoms with Gasteiger partial charge in [0, 0.05) is 23.9 Å². The zero-order chi connectivity index (χ0) is 22.4. The molecule has 0 amide bonds. The molecule has 31 heavy (non-hydrogen) atoms. The molecule has 0 saturated heterocycles. The topological polar surface area (TPSA) is 42.7 Å². The summed E-state index contributed by atoms with van der Waals surface area (Å²) in [4.78, 5) is 16.0. The van der Waals surface area contributed by atoms with E-state index in [1.165, 1.54) is 0 Å². The summed E-state index contributed by atoms with van der Waals surface area (Å²) in [5.41, 5.74) is 4.20. The summed E-state index contributed by atoms with van der Waals surface area (Å²) in [6.45, 7) is 14.1. The van der Waals surface area contributed by atoms with Crippen molar-refractivity contribution in [3.05, 3.63) is 64.4 Å². The summed E-state index contributed by atoms with van der Waals surface area (Å²) >= 11 is 0. The monoisotopic (exact) mass is 421 g/mol. The Kier molecular flexibility index (Phi) is 7.91. The molecule has 0 radical (unpaired) electrons. The predicted octanol–water partition coefficient (Wildman–Crippen LogP) is 6.34. The van der Waals surface area contributed by atoms with Gasteiger partial charge in [0.05, 0.1) is 5.56 Å². The van der Waals surface area contributed by atoms with E-state index in [9.17, 15) is 4.79 Å². The molecule has 0 bridgehead atoms. The number of para-hydroxylation sites is 1. The van der Waals surface area contributed by atoms with Crippen molar-refractivity contribution in [2.24, 2.45) is 0 Å². The van der Waals surface area contributed by atoms with E-state index in [2.05, 4.69) is 25.7 Å². The molecule has 0 aliphatic heterocycles. The third-order valence-corrected chi connectivity index (χ3v) is 6.19. The van der Waals surface area contributed by atoms with Crippen LogP contribution < -0.4 is 4.74 Å². The maximum atomic E-state index is 13.7. The maximum Gasteiger partial charge on any atom is 0.197 e. The number of aryl methyl sites for hydroxylation is 1. The van der Waals surface area contributed by atoms with Gasteiger partial charge in [-0.05, 0) is 62.7 Å². The molecular formula is C27H35NO3. The lowest BCUT2D eigenvalue weighted by Crippen LogP contribution is -2.28. The number of rotatable bonds is 11. The van der Waals surface area contributed by atoms with Gasteiger partial charge in [-0.2, -0.15) is 0 Å². The molecule has 0 spiro atoms. The van der Waals surface area contributed by atoms with Crippen LogP contribution in [-0.4, -0.2) is 36.9 Å². The van der Waals surface area contributed by atoms with Crippen LogP contribution in [0.5, 0.6) is 5.75 Å². The number of likely N-dealkylation sites (N-methyl/N-ethyl adjacent to an activating group) is 1. The van der Waals surface area contributed by atoms with Crippen LogP contribution in [0.25, 0.3) is 11.0 Å². The zero-order valence-corrected chi connectivity index (χ0v) is 19.6. The van der Waals surface area contributed by atoms with Crippen LogP contribution in [0.3, 0.4) is 0 Å². The predicted molar refractivity (Wildman–Crippen MR) is 127 cm³/mol. The van der Waals surface area contributed by atoms with Crippen molar-refractivity contribution in [3.63, 3.8) is 0 Å². The zero-order valence-electron chi connectivity index (χ0n) is 19.6. The quantitative estimate of drug-likeness (QED) is 0.339. The van der Waals surface area contributed by atoms with Gasteiger partial charge in [-0.3, -0.25) is 4.79 Å². The normalized spacial score (nSPS) is 11.4. The number of ketones is 1. The van der Waals surface area contributed by atoms with E-state index in [0.29, 0.717) is 12.2 Å². The Morgan fingerprint density at radius 3 is 2.45 bits per heavy atom. The highest BCUT2D eigenvalue weighted by Gasteiger charge is 2.24. The van der Waals surface area contributed by atoms with E-state index in [1.54, 1.807) is 0 Å². The summed E-state index contributed by atoms with van der Waals surface area (Å²) in [6.07, 6.45) is 2.83. The molecule has 0 atom stereocenters. The summed E-state index contributed by atoms with van der Waals surface area (Å²) in [6, 6.07) is 11.7. The summed E-state index contributed by atoms with van der Waals surface area (Å²) in [7, 11) is 0. The minimum absolute atomic E-state index is 0.0337. The van der Waals surface area contributed by atoms with Gasteiger partial charge in [-0.25, -0.2) is 0 Å². The second-order valence-electron chi connectivity index (χ2n) is 8.07. The second-order valence-corrected chi connectivity index (χ2v) is 8.07. The standard InChI is InChI=1S/C27H35NO3/c1-6-9-13-25-26(22-12-10-11-14-24(22)31-25)27(29)21-15-16-23(20(5)19(21)4)30-18-17-28(7-2)8-3/h10-12,14-16H,6-9,13,17-18H2,1-5H3. The highest BCUT2D eigenvalue weighted by molar-refractivity contribution is 6.17. The van der Waals surface area contributed by atoms with Gasteiger partial charge >= 0.3 is 0 Å². The minimum Gasteiger partial charge on any atom is -0.492 e. The summed E-state index contributed by atoms with van der Waals surface area (Å²) < 4.78 is 12.1. The van der Waals surface area contributed by atoms with Crippen LogP contribution in [0.15, 0.2) is 40.8 Å². The van der Waals surface area contributed by atoms with Crippen LogP contribution in [0.1, 0.15) is 66.4 Å². The number of ether oxygens (including phenoxy) is 1. The lowest BCUT2D eigenvalue weighted by atomic mass is 9.93. The van der Waals surface area contributed by atoms with E-state index in [0.717, 1.165) is 78.1 Å². The molecule has 2 aromatic carbocycles. The molecule has 0 aliphatic rings. The summed E-state index contributed by atoms with van der Waals surface area (Å²) in [5.74, 6) is 1.68. The van der Waals surface area contributed by atoms with Crippen LogP contribution in [0, 0.1) is 13.8 Å². The van der Waals surface area contributed by atoms with Crippen molar-refractivity contribution in [2.45, 2.75) is 53.9 Å². The Balaban J connectivity index is 1.90. The number of nitrogens with zero attached hydrogens (tertiary/aromatic N) is 1. The van der Waals surface area contributed by atoms with E-state index in [4.69, 9.17) is 9.15 Å². The van der Waals surface area contributed by atoms with E-state index in [1.807, 2.05) is 50.2 Å². The first-order chi connectivity index (χ1) is 15.0. The Labute approximate surface area is 186 Å². The number of unbranched alkanes of at least 4 members (excludes halogenated alkanes) is 1. The van der Waals surface area contributed by atoms with Crippen LogP contribution >= 0.6 is 0 Å². The number of carbonyl (C=O) groups is 1. The van der Waals surface area contributed by atoms with Gasteiger partial charge < -0.3 is 14.1 Å². The molecule has 3 aromatic rings. The largest absolute Gasteiger partial charge is 0.492 e. The van der Waals surface area contributed by atoms with Crippen molar-refractivity contribution in [1.29, 1.82) is 0 Å². The molecule has 3 rings (SSSR count). The molecule has 0 saturated carbocycles. The fourth-order valence-electron chi connectivity index (χ4n) is 4.02. The molecule has 1 heterocycles. The van der Waals surface area contributed by atoms with Gasteiger partial charge in [-0.15, -0.1) is 0 Å². The van der Waals surface area contributed by atoms with Gasteiger partial charge in [0.2, 0.25) is 0 Å². The molecular weight excluding hydrogens is 386 g/mol. The molecule has 166 valence electrons. The third-order valence-electron chi connectivity index (χ3n) is 6.19. The first kappa shape index (κ1) is 23.1. The average Bonchev–Trinajstić information content (AvgIpc) is 3.16. The van der Waals surface area contributed by atoms with Crippen molar-refractivity contribution >= 4 is 16.8 Å². The smallest absolute Gasteiger partial charge is 0.197 e. The van der Waals surface area contributed by atoms with Crippen molar-refractivity contribution in [1.82, 2.24) is 4.90 Å². The third kappa shape index (κ3) is 5.01. The number of hydrogen-bond acceptors (Lipinski definition) is 4. The first-order valence-electron chi connectivity index (χ1n) is 11.5. The number of benzene rings is 2. The highest BCUT2D eigenvalue weighted by Crippen LogP contribution is 2.32. The fraction of sp³-hybridized carbons (Fsp3) is 0.444. The molecule has 1 aromatic heterocycles. The lowest BCUT2D eigenvalue weighted by Gasteiger charge is -2.19. The number of furan rings is 1. The number of hydrogen-bond donors (Lipinski definition) is 0. The van der Waals surface area contributed by atoms with Gasteiger partial charge in [0.25, 0.3) is 0 Å². The van der Waals surface area contributed by atoms with Crippen molar-refractivity contribution < 1.29 is 13.9 Å². The SMILES string of the molecule is CCCCc1oc2ccccc2c1C(=O)c1ccc(OCCN(CC)CC)c(C)c1C. The Morgan fingerprint density at radius 2 is 1.74 bits per heavy atom. The fourth-order valence-corrected chi connectivity index (χ4v) is 4.02. The van der Waals surface area contributed by atoms with E-state index >= 15 is 0 Å². The molecule has 4 heteroatoms. The average molecular weight is 422 g/mol. The molecule has 0 N–H and O–H groups in total. The van der Waals surface area contributed by atoms with Gasteiger partial charge in [0.15, 0.2) is 5.78 Å². The van der Waals surface area contributed by atoms with Crippen LogP contribution in [0.2, 0.25) is 0 Å². The summed E-state index contributed by atoms with van der Waals surface area (Å²) in [5, 5.41) is 0.898. The van der Waals surface area contributed by atoms with Crippen LogP contribution in [0.4, 0.5) is 0 Å². The number of carbonyl (C=O) groups excluding carboxylic acids is 1. The molecule has 0 fully saturated rings. The van der Waals surface area contributed by atoms with Crippen LogP contribution in [-0.2, 0) is 6.42 Å².